The molecule has 3 heteroatoms. The quantitative estimate of drug-likeness (QED) is 0.637. The minimum atomic E-state index is 0.263. The van der Waals surface area contributed by atoms with Gasteiger partial charge in [-0.1, -0.05) is 25.1 Å². The van der Waals surface area contributed by atoms with Gasteiger partial charge in [-0.2, -0.15) is 0 Å². The fourth-order valence-corrected chi connectivity index (χ4v) is 1.75. The van der Waals surface area contributed by atoms with Gasteiger partial charge in [0.25, 0.3) is 0 Å². The second kappa shape index (κ2) is 7.30. The molecule has 1 atom stereocenters. The van der Waals surface area contributed by atoms with Gasteiger partial charge in [0.15, 0.2) is 0 Å². The molecule has 0 aliphatic rings. The van der Waals surface area contributed by atoms with E-state index in [9.17, 15) is 5.11 Å². The maximum absolute atomic E-state index is 9.81. The monoisotopic (exact) mass is 237 g/mol. The van der Waals surface area contributed by atoms with E-state index in [-0.39, 0.29) is 6.61 Å². The fraction of sp³-hybridized carbons (Fsp3) is 0.571. The Labute approximate surface area is 103 Å². The van der Waals surface area contributed by atoms with Crippen LogP contribution in [0.3, 0.4) is 0 Å². The van der Waals surface area contributed by atoms with Crippen LogP contribution in [-0.4, -0.2) is 23.4 Å². The number of aryl methyl sites for hydroxylation is 1. The molecule has 0 aliphatic heterocycles. The first-order valence-electron chi connectivity index (χ1n) is 6.24. The summed E-state index contributed by atoms with van der Waals surface area (Å²) >= 11 is 0. The molecule has 3 N–H and O–H groups in total. The lowest BCUT2D eigenvalue weighted by Crippen LogP contribution is -2.16. The van der Waals surface area contributed by atoms with E-state index in [0.29, 0.717) is 18.2 Å². The standard InChI is InChI=1S/C14H23NO2/c1-11(10-16)5-4-8-15-9-13-7-3-6-12(2)14(13)17/h3,6-7,11,15-17H,4-5,8-10H2,1-2H3. The molecule has 0 fully saturated rings. The minimum absolute atomic E-state index is 0.263. The summed E-state index contributed by atoms with van der Waals surface area (Å²) < 4.78 is 0. The van der Waals surface area contributed by atoms with Gasteiger partial charge in [0.05, 0.1) is 0 Å². The number of hydrogen-bond donors (Lipinski definition) is 3. The van der Waals surface area contributed by atoms with Gasteiger partial charge in [0, 0.05) is 18.7 Å². The summed E-state index contributed by atoms with van der Waals surface area (Å²) in [5, 5.41) is 22.0. The van der Waals surface area contributed by atoms with Crippen LogP contribution in [-0.2, 0) is 6.54 Å². The SMILES string of the molecule is Cc1cccc(CNCCCC(C)CO)c1O. The Morgan fingerprint density at radius 1 is 1.35 bits per heavy atom. The van der Waals surface area contributed by atoms with Crippen molar-refractivity contribution >= 4 is 0 Å². The summed E-state index contributed by atoms with van der Waals surface area (Å²) in [6, 6.07) is 5.80. The van der Waals surface area contributed by atoms with Crippen molar-refractivity contribution in [2.45, 2.75) is 33.2 Å². The number of hydrogen-bond acceptors (Lipinski definition) is 3. The molecule has 1 rings (SSSR count). The topological polar surface area (TPSA) is 52.5 Å². The summed E-state index contributed by atoms with van der Waals surface area (Å²) in [5.74, 6) is 0.771. The minimum Gasteiger partial charge on any atom is -0.507 e. The number of rotatable bonds is 7. The molecule has 0 aliphatic carbocycles. The van der Waals surface area contributed by atoms with Crippen molar-refractivity contribution in [3.05, 3.63) is 29.3 Å². The average Bonchev–Trinajstić information content (AvgIpc) is 2.33. The molecule has 1 unspecified atom stereocenters. The van der Waals surface area contributed by atoms with Gasteiger partial charge in [-0.15, -0.1) is 0 Å². The predicted octanol–water partition coefficient (Wildman–Crippen LogP) is 2.20. The first kappa shape index (κ1) is 14.0. The molecule has 1 aromatic rings. The number of aliphatic hydroxyl groups excluding tert-OH is 1. The van der Waals surface area contributed by atoms with Crippen LogP contribution in [0.2, 0.25) is 0 Å². The van der Waals surface area contributed by atoms with Crippen molar-refractivity contribution in [1.82, 2.24) is 5.32 Å². The van der Waals surface area contributed by atoms with Crippen LogP contribution in [0, 0.1) is 12.8 Å². The zero-order chi connectivity index (χ0) is 12.7. The summed E-state index contributed by atoms with van der Waals surface area (Å²) in [7, 11) is 0. The van der Waals surface area contributed by atoms with E-state index in [1.165, 1.54) is 0 Å². The van der Waals surface area contributed by atoms with Crippen LogP contribution in [0.25, 0.3) is 0 Å². The van der Waals surface area contributed by atoms with Crippen LogP contribution in [0.4, 0.5) is 0 Å². The van der Waals surface area contributed by atoms with Crippen molar-refractivity contribution in [3.8, 4) is 5.75 Å². The van der Waals surface area contributed by atoms with Gasteiger partial charge in [0.2, 0.25) is 0 Å². The van der Waals surface area contributed by atoms with E-state index < -0.39 is 0 Å². The van der Waals surface area contributed by atoms with Crippen LogP contribution < -0.4 is 5.32 Å². The molecule has 96 valence electrons. The summed E-state index contributed by atoms with van der Waals surface area (Å²) in [4.78, 5) is 0. The van der Waals surface area contributed by atoms with Crippen LogP contribution in [0.15, 0.2) is 18.2 Å². The van der Waals surface area contributed by atoms with E-state index in [2.05, 4.69) is 5.32 Å². The van der Waals surface area contributed by atoms with E-state index in [4.69, 9.17) is 5.11 Å². The summed E-state index contributed by atoms with van der Waals surface area (Å²) in [6.07, 6.45) is 2.08. The summed E-state index contributed by atoms with van der Waals surface area (Å²) in [5.41, 5.74) is 1.86. The number of para-hydroxylation sites is 1. The smallest absolute Gasteiger partial charge is 0.122 e. The Kier molecular flexibility index (Phi) is 6.01. The molecule has 1 aromatic carbocycles. The highest BCUT2D eigenvalue weighted by Gasteiger charge is 2.03. The molecule has 0 bridgehead atoms. The third-order valence-corrected chi connectivity index (χ3v) is 3.00. The van der Waals surface area contributed by atoms with E-state index in [1.54, 1.807) is 0 Å². The predicted molar refractivity (Wildman–Crippen MR) is 70.0 cm³/mol. The highest BCUT2D eigenvalue weighted by atomic mass is 16.3. The molecule has 0 amide bonds. The lowest BCUT2D eigenvalue weighted by atomic mass is 10.1. The molecule has 17 heavy (non-hydrogen) atoms. The number of aromatic hydroxyl groups is 1. The number of phenols is 1. The van der Waals surface area contributed by atoms with Crippen LogP contribution in [0.5, 0.6) is 5.75 Å². The van der Waals surface area contributed by atoms with Crippen molar-refractivity contribution < 1.29 is 10.2 Å². The Morgan fingerprint density at radius 2 is 2.12 bits per heavy atom. The van der Waals surface area contributed by atoms with Crippen molar-refractivity contribution in [2.24, 2.45) is 5.92 Å². The van der Waals surface area contributed by atoms with Crippen molar-refractivity contribution in [2.75, 3.05) is 13.2 Å². The summed E-state index contributed by atoms with van der Waals surface area (Å²) in [6.45, 7) is 5.82. The highest BCUT2D eigenvalue weighted by Crippen LogP contribution is 2.20. The zero-order valence-corrected chi connectivity index (χ0v) is 10.7. The third-order valence-electron chi connectivity index (χ3n) is 3.00. The van der Waals surface area contributed by atoms with Crippen molar-refractivity contribution in [3.63, 3.8) is 0 Å². The molecule has 0 spiro atoms. The van der Waals surface area contributed by atoms with Crippen LogP contribution in [0.1, 0.15) is 30.9 Å². The first-order valence-corrected chi connectivity index (χ1v) is 6.24. The Morgan fingerprint density at radius 3 is 2.82 bits per heavy atom. The van der Waals surface area contributed by atoms with E-state index in [0.717, 1.165) is 30.5 Å². The molecule has 0 radical (unpaired) electrons. The first-order chi connectivity index (χ1) is 8.15. The molecule has 0 aromatic heterocycles. The Bertz CT molecular complexity index is 339. The third kappa shape index (κ3) is 4.75. The van der Waals surface area contributed by atoms with Gasteiger partial charge < -0.3 is 15.5 Å². The molecule has 0 saturated carbocycles. The van der Waals surface area contributed by atoms with Gasteiger partial charge in [-0.05, 0) is 37.8 Å². The van der Waals surface area contributed by atoms with E-state index >= 15 is 0 Å². The van der Waals surface area contributed by atoms with Crippen LogP contribution >= 0.6 is 0 Å². The number of aliphatic hydroxyl groups is 1. The van der Waals surface area contributed by atoms with E-state index in [1.807, 2.05) is 32.0 Å². The number of benzene rings is 1. The molecule has 3 nitrogen and oxygen atoms in total. The van der Waals surface area contributed by atoms with Gasteiger partial charge in [-0.25, -0.2) is 0 Å². The maximum Gasteiger partial charge on any atom is 0.122 e. The second-order valence-corrected chi connectivity index (χ2v) is 4.69. The number of nitrogens with one attached hydrogen (secondary N) is 1. The Hall–Kier alpha value is -1.06. The van der Waals surface area contributed by atoms with Gasteiger partial charge in [0.1, 0.15) is 5.75 Å². The zero-order valence-electron chi connectivity index (χ0n) is 10.7. The number of phenolic OH excluding ortho intramolecular Hbond substituents is 1. The normalized spacial score (nSPS) is 12.6. The maximum atomic E-state index is 9.81. The molecule has 0 saturated heterocycles. The molecular weight excluding hydrogens is 214 g/mol. The lowest BCUT2D eigenvalue weighted by Gasteiger charge is -2.10. The molecular formula is C14H23NO2. The largest absolute Gasteiger partial charge is 0.507 e. The average molecular weight is 237 g/mol. The fourth-order valence-electron chi connectivity index (χ4n) is 1.75. The highest BCUT2D eigenvalue weighted by molar-refractivity contribution is 5.39. The van der Waals surface area contributed by atoms with Crippen molar-refractivity contribution in [1.29, 1.82) is 0 Å². The van der Waals surface area contributed by atoms with Gasteiger partial charge in [-0.3, -0.25) is 0 Å². The lowest BCUT2D eigenvalue weighted by molar-refractivity contribution is 0.228. The Balaban J connectivity index is 2.25. The molecule has 0 heterocycles. The second-order valence-electron chi connectivity index (χ2n) is 4.69. The van der Waals surface area contributed by atoms with Gasteiger partial charge >= 0.3 is 0 Å².